The molecule has 0 radical (unpaired) electrons. The normalized spacial score (nSPS) is 10.1. The number of rotatable bonds is 5. The first-order valence-electron chi connectivity index (χ1n) is 5.62. The van der Waals surface area contributed by atoms with E-state index in [4.69, 9.17) is 10.6 Å². The second-order valence-electron chi connectivity index (χ2n) is 3.90. The molecule has 2 aromatic rings. The van der Waals surface area contributed by atoms with Gasteiger partial charge in [0.2, 0.25) is 0 Å². The van der Waals surface area contributed by atoms with Crippen LogP contribution in [0, 0.1) is 10.1 Å². The number of nitrogens with one attached hydrogen (secondary N) is 1. The van der Waals surface area contributed by atoms with Gasteiger partial charge in [-0.2, -0.15) is 0 Å². The minimum Gasteiger partial charge on any atom is -0.398 e. The van der Waals surface area contributed by atoms with Gasteiger partial charge in [-0.1, -0.05) is 24.3 Å². The predicted molar refractivity (Wildman–Crippen MR) is 72.4 cm³/mol. The number of nitro groups is 1. The van der Waals surface area contributed by atoms with Crippen LogP contribution in [0.4, 0.5) is 17.1 Å². The van der Waals surface area contributed by atoms with Crippen LogP contribution in [0.15, 0.2) is 48.5 Å². The Kier molecular flexibility index (Phi) is 3.94. The zero-order valence-electron chi connectivity index (χ0n) is 10.1. The average molecular weight is 259 g/mol. The number of hydrogen-bond donors (Lipinski definition) is 2. The van der Waals surface area contributed by atoms with E-state index in [9.17, 15) is 10.1 Å². The van der Waals surface area contributed by atoms with Crippen LogP contribution in [0.3, 0.4) is 0 Å². The van der Waals surface area contributed by atoms with Crippen LogP contribution >= 0.6 is 0 Å². The number of nitro benzene ring substituents is 1. The third-order valence-corrected chi connectivity index (χ3v) is 2.53. The molecule has 0 aromatic heterocycles. The number of nitrogens with zero attached hydrogens (tertiary/aromatic N) is 1. The number of hydrogen-bond acceptors (Lipinski definition) is 5. The summed E-state index contributed by atoms with van der Waals surface area (Å²) < 4.78 is 0. The Morgan fingerprint density at radius 3 is 2.74 bits per heavy atom. The molecule has 0 aliphatic heterocycles. The van der Waals surface area contributed by atoms with E-state index in [2.05, 4.69) is 5.48 Å². The summed E-state index contributed by atoms with van der Waals surface area (Å²) >= 11 is 0. The molecule has 0 saturated carbocycles. The maximum atomic E-state index is 10.6. The third-order valence-electron chi connectivity index (χ3n) is 2.53. The molecule has 6 heteroatoms. The van der Waals surface area contributed by atoms with Gasteiger partial charge in [0.1, 0.15) is 6.61 Å². The fourth-order valence-electron chi connectivity index (χ4n) is 1.55. The maximum Gasteiger partial charge on any atom is 0.271 e. The highest BCUT2D eigenvalue weighted by atomic mass is 16.6. The quantitative estimate of drug-likeness (QED) is 0.489. The van der Waals surface area contributed by atoms with Crippen molar-refractivity contribution in [2.24, 2.45) is 0 Å². The lowest BCUT2D eigenvalue weighted by atomic mass is 10.2. The lowest BCUT2D eigenvalue weighted by Gasteiger charge is -2.08. The lowest BCUT2D eigenvalue weighted by molar-refractivity contribution is -0.384. The Hall–Kier alpha value is -2.60. The number of nitrogens with two attached hydrogens (primary N) is 1. The molecule has 2 aromatic carbocycles. The van der Waals surface area contributed by atoms with Crippen LogP contribution in [-0.2, 0) is 11.4 Å². The molecule has 0 bridgehead atoms. The zero-order valence-corrected chi connectivity index (χ0v) is 10.1. The largest absolute Gasteiger partial charge is 0.398 e. The minimum atomic E-state index is -0.458. The van der Waals surface area contributed by atoms with E-state index in [0.29, 0.717) is 11.4 Å². The summed E-state index contributed by atoms with van der Waals surface area (Å²) in [5.41, 5.74) is 10.4. The van der Waals surface area contributed by atoms with E-state index < -0.39 is 4.92 Å². The number of nitrogen functional groups attached to an aromatic ring is 1. The predicted octanol–water partition coefficient (Wildman–Crippen LogP) is 2.72. The Bertz CT molecular complexity index is 587. The van der Waals surface area contributed by atoms with Gasteiger partial charge in [0.15, 0.2) is 0 Å². The van der Waals surface area contributed by atoms with Crippen LogP contribution in [0.5, 0.6) is 0 Å². The lowest BCUT2D eigenvalue weighted by Crippen LogP contribution is -2.03. The van der Waals surface area contributed by atoms with Gasteiger partial charge in [-0.25, -0.2) is 0 Å². The Morgan fingerprint density at radius 1 is 1.21 bits per heavy atom. The van der Waals surface area contributed by atoms with Gasteiger partial charge < -0.3 is 5.73 Å². The molecule has 0 unspecified atom stereocenters. The SMILES string of the molecule is Nc1ccccc1CONc1cccc([N+](=O)[O-])c1. The van der Waals surface area contributed by atoms with E-state index in [1.54, 1.807) is 18.2 Å². The Morgan fingerprint density at radius 2 is 2.00 bits per heavy atom. The summed E-state index contributed by atoms with van der Waals surface area (Å²) in [4.78, 5) is 15.4. The van der Waals surface area contributed by atoms with E-state index in [0.717, 1.165) is 5.56 Å². The molecule has 3 N–H and O–H groups in total. The number of anilines is 2. The molecule has 0 aliphatic carbocycles. The van der Waals surface area contributed by atoms with Crippen molar-refractivity contribution in [2.45, 2.75) is 6.61 Å². The highest BCUT2D eigenvalue weighted by molar-refractivity contribution is 5.50. The number of benzene rings is 2. The molecular formula is C13H13N3O3. The van der Waals surface area contributed by atoms with Crippen LogP contribution in [0.1, 0.15) is 5.56 Å². The molecule has 98 valence electrons. The van der Waals surface area contributed by atoms with Crippen LogP contribution < -0.4 is 11.2 Å². The smallest absolute Gasteiger partial charge is 0.271 e. The topological polar surface area (TPSA) is 90.4 Å². The Balaban J connectivity index is 1.94. The average Bonchev–Trinajstić information content (AvgIpc) is 2.41. The first-order chi connectivity index (χ1) is 9.16. The van der Waals surface area contributed by atoms with Crippen molar-refractivity contribution in [3.8, 4) is 0 Å². The highest BCUT2D eigenvalue weighted by Gasteiger charge is 2.05. The first kappa shape index (κ1) is 12.8. The van der Waals surface area contributed by atoms with Crippen LogP contribution in [-0.4, -0.2) is 4.92 Å². The molecule has 0 amide bonds. The second-order valence-corrected chi connectivity index (χ2v) is 3.90. The van der Waals surface area contributed by atoms with E-state index >= 15 is 0 Å². The van der Waals surface area contributed by atoms with Gasteiger partial charge in [-0.3, -0.25) is 20.4 Å². The maximum absolute atomic E-state index is 10.6. The van der Waals surface area contributed by atoms with E-state index in [1.807, 2.05) is 18.2 Å². The van der Waals surface area contributed by atoms with Crippen LogP contribution in [0.25, 0.3) is 0 Å². The van der Waals surface area contributed by atoms with Crippen molar-refractivity contribution in [3.05, 3.63) is 64.2 Å². The fourth-order valence-corrected chi connectivity index (χ4v) is 1.55. The molecule has 0 spiro atoms. The molecule has 6 nitrogen and oxygen atoms in total. The van der Waals surface area contributed by atoms with Crippen LogP contribution in [0.2, 0.25) is 0 Å². The van der Waals surface area contributed by atoms with E-state index in [1.165, 1.54) is 12.1 Å². The van der Waals surface area contributed by atoms with Gasteiger partial charge in [-0.05, 0) is 12.1 Å². The molecule has 0 fully saturated rings. The molecular weight excluding hydrogens is 246 g/mol. The summed E-state index contributed by atoms with van der Waals surface area (Å²) in [6.07, 6.45) is 0. The molecule has 0 aliphatic rings. The van der Waals surface area contributed by atoms with Crippen molar-refractivity contribution in [1.29, 1.82) is 0 Å². The van der Waals surface area contributed by atoms with Crippen molar-refractivity contribution in [1.82, 2.24) is 0 Å². The van der Waals surface area contributed by atoms with E-state index in [-0.39, 0.29) is 12.3 Å². The third kappa shape index (κ3) is 3.43. The second kappa shape index (κ2) is 5.83. The molecule has 2 rings (SSSR count). The van der Waals surface area contributed by atoms with Gasteiger partial charge in [0.05, 0.1) is 10.6 Å². The number of para-hydroxylation sites is 1. The van der Waals surface area contributed by atoms with Crippen molar-refractivity contribution >= 4 is 17.1 Å². The first-order valence-corrected chi connectivity index (χ1v) is 5.62. The van der Waals surface area contributed by atoms with Gasteiger partial charge in [0.25, 0.3) is 5.69 Å². The standard InChI is InChI=1S/C13H13N3O3/c14-13-7-2-1-4-10(13)9-19-15-11-5-3-6-12(8-11)16(17)18/h1-8,15H,9,14H2. The molecule has 19 heavy (non-hydrogen) atoms. The summed E-state index contributed by atoms with van der Waals surface area (Å²) in [5.74, 6) is 0. The Labute approximate surface area is 109 Å². The fraction of sp³-hybridized carbons (Fsp3) is 0.0769. The van der Waals surface area contributed by atoms with Gasteiger partial charge in [0, 0.05) is 23.4 Å². The number of non-ortho nitro benzene ring substituents is 1. The van der Waals surface area contributed by atoms with Crippen molar-refractivity contribution in [3.63, 3.8) is 0 Å². The van der Waals surface area contributed by atoms with Gasteiger partial charge >= 0.3 is 0 Å². The summed E-state index contributed by atoms with van der Waals surface area (Å²) in [6.45, 7) is 0.273. The zero-order chi connectivity index (χ0) is 13.7. The van der Waals surface area contributed by atoms with Crippen molar-refractivity contribution < 1.29 is 9.76 Å². The summed E-state index contributed by atoms with van der Waals surface area (Å²) in [7, 11) is 0. The van der Waals surface area contributed by atoms with Gasteiger partial charge in [-0.15, -0.1) is 0 Å². The molecule has 0 atom stereocenters. The highest BCUT2D eigenvalue weighted by Crippen LogP contribution is 2.18. The monoisotopic (exact) mass is 259 g/mol. The summed E-state index contributed by atoms with van der Waals surface area (Å²) in [5, 5.41) is 10.6. The molecule has 0 heterocycles. The summed E-state index contributed by atoms with van der Waals surface area (Å²) in [6, 6.07) is 13.4. The minimum absolute atomic E-state index is 0.00725. The van der Waals surface area contributed by atoms with Crippen molar-refractivity contribution in [2.75, 3.05) is 11.2 Å². The molecule has 0 saturated heterocycles.